The van der Waals surface area contributed by atoms with Crippen LogP contribution in [0.2, 0.25) is 0 Å². The number of hydrogen-bond donors (Lipinski definition) is 2. The van der Waals surface area contributed by atoms with Gasteiger partial charge in [-0.2, -0.15) is 0 Å². The molecule has 19 heavy (non-hydrogen) atoms. The number of rotatable bonds is 10. The van der Waals surface area contributed by atoms with Gasteiger partial charge in [0.05, 0.1) is 18.8 Å². The van der Waals surface area contributed by atoms with Crippen LogP contribution >= 0.6 is 0 Å². The molecule has 0 fully saturated rings. The molecule has 2 N–H and O–H groups in total. The fraction of sp³-hybridized carbons (Fsp3) is 0.600. The first-order valence-electron chi connectivity index (χ1n) is 6.78. The lowest BCUT2D eigenvalue weighted by molar-refractivity contribution is -0.00207. The van der Waals surface area contributed by atoms with Gasteiger partial charge in [-0.25, -0.2) is 0 Å². The van der Waals surface area contributed by atoms with Gasteiger partial charge in [0.25, 0.3) is 0 Å². The van der Waals surface area contributed by atoms with E-state index in [0.29, 0.717) is 13.2 Å². The summed E-state index contributed by atoms with van der Waals surface area (Å²) in [5.74, 6) is 0. The molecule has 1 aromatic rings. The van der Waals surface area contributed by atoms with E-state index >= 15 is 0 Å². The van der Waals surface area contributed by atoms with Crippen LogP contribution in [-0.2, 0) is 9.47 Å². The molecule has 4 nitrogen and oxygen atoms in total. The van der Waals surface area contributed by atoms with Crippen molar-refractivity contribution in [1.29, 1.82) is 0 Å². The van der Waals surface area contributed by atoms with E-state index in [9.17, 15) is 5.11 Å². The minimum atomic E-state index is -0.478. The lowest BCUT2D eigenvalue weighted by atomic mass is 10.1. The van der Waals surface area contributed by atoms with Gasteiger partial charge in [0, 0.05) is 20.3 Å². The highest BCUT2D eigenvalue weighted by Crippen LogP contribution is 2.15. The highest BCUT2D eigenvalue weighted by Gasteiger charge is 2.09. The van der Waals surface area contributed by atoms with Crippen LogP contribution < -0.4 is 5.32 Å². The van der Waals surface area contributed by atoms with E-state index in [2.05, 4.69) is 5.32 Å². The van der Waals surface area contributed by atoms with Crippen molar-refractivity contribution in [2.45, 2.75) is 25.6 Å². The Hall–Kier alpha value is -0.940. The molecule has 0 saturated heterocycles. The highest BCUT2D eigenvalue weighted by atomic mass is 16.5. The Morgan fingerprint density at radius 2 is 2.00 bits per heavy atom. The zero-order chi connectivity index (χ0) is 13.9. The predicted octanol–water partition coefficient (Wildman–Crippen LogP) is 1.75. The Morgan fingerprint density at radius 3 is 2.68 bits per heavy atom. The van der Waals surface area contributed by atoms with E-state index in [-0.39, 0.29) is 6.10 Å². The van der Waals surface area contributed by atoms with E-state index in [0.717, 1.165) is 25.1 Å². The van der Waals surface area contributed by atoms with Crippen LogP contribution in [0.4, 0.5) is 0 Å². The summed E-state index contributed by atoms with van der Waals surface area (Å²) in [7, 11) is 1.69. The van der Waals surface area contributed by atoms with Crippen molar-refractivity contribution in [3.8, 4) is 0 Å². The molecule has 0 amide bonds. The second-order valence-corrected chi connectivity index (χ2v) is 4.59. The number of benzene rings is 1. The van der Waals surface area contributed by atoms with Gasteiger partial charge >= 0.3 is 0 Å². The topological polar surface area (TPSA) is 50.7 Å². The van der Waals surface area contributed by atoms with Crippen LogP contribution in [0, 0.1) is 0 Å². The van der Waals surface area contributed by atoms with Crippen molar-refractivity contribution >= 4 is 0 Å². The average Bonchev–Trinajstić information content (AvgIpc) is 2.45. The Kier molecular flexibility index (Phi) is 8.41. The van der Waals surface area contributed by atoms with Crippen molar-refractivity contribution in [2.24, 2.45) is 0 Å². The van der Waals surface area contributed by atoms with E-state index in [1.807, 2.05) is 37.3 Å². The van der Waals surface area contributed by atoms with Gasteiger partial charge < -0.3 is 19.9 Å². The van der Waals surface area contributed by atoms with Gasteiger partial charge in [0.15, 0.2) is 0 Å². The third-order valence-electron chi connectivity index (χ3n) is 2.89. The van der Waals surface area contributed by atoms with E-state index in [4.69, 9.17) is 9.47 Å². The first-order valence-corrected chi connectivity index (χ1v) is 6.78. The highest BCUT2D eigenvalue weighted by molar-refractivity contribution is 5.16. The molecule has 0 aromatic heterocycles. The lowest BCUT2D eigenvalue weighted by Crippen LogP contribution is -2.31. The SMILES string of the molecule is COCCCNCC(O)COC(C)c1ccccc1. The number of aliphatic hydroxyl groups excluding tert-OH is 1. The number of aliphatic hydroxyl groups is 1. The molecule has 0 heterocycles. The third-order valence-corrected chi connectivity index (χ3v) is 2.89. The molecule has 0 aliphatic carbocycles. The molecule has 2 atom stereocenters. The quantitative estimate of drug-likeness (QED) is 0.634. The second-order valence-electron chi connectivity index (χ2n) is 4.59. The summed E-state index contributed by atoms with van der Waals surface area (Å²) >= 11 is 0. The van der Waals surface area contributed by atoms with Crippen molar-refractivity contribution in [3.05, 3.63) is 35.9 Å². The first-order chi connectivity index (χ1) is 9.24. The van der Waals surface area contributed by atoms with Gasteiger partial charge in [-0.1, -0.05) is 30.3 Å². The molecule has 0 aliphatic rings. The van der Waals surface area contributed by atoms with Gasteiger partial charge in [0.1, 0.15) is 0 Å². The molecule has 4 heteroatoms. The summed E-state index contributed by atoms with van der Waals surface area (Å²) in [5, 5.41) is 13.0. The molecule has 1 aromatic carbocycles. The third kappa shape index (κ3) is 7.28. The number of nitrogens with one attached hydrogen (secondary N) is 1. The van der Waals surface area contributed by atoms with Gasteiger partial charge in [-0.3, -0.25) is 0 Å². The predicted molar refractivity (Wildman–Crippen MR) is 76.2 cm³/mol. The Bertz CT molecular complexity index is 318. The summed E-state index contributed by atoms with van der Waals surface area (Å²) in [6.45, 7) is 4.47. The fourth-order valence-electron chi connectivity index (χ4n) is 1.74. The largest absolute Gasteiger partial charge is 0.389 e. The van der Waals surface area contributed by atoms with Crippen LogP contribution in [0.1, 0.15) is 25.0 Å². The van der Waals surface area contributed by atoms with Crippen molar-refractivity contribution in [3.63, 3.8) is 0 Å². The Balaban J connectivity index is 2.11. The molecule has 2 unspecified atom stereocenters. The maximum atomic E-state index is 9.78. The molecule has 1 rings (SSSR count). The van der Waals surface area contributed by atoms with Crippen LogP contribution in [0.5, 0.6) is 0 Å². The van der Waals surface area contributed by atoms with Crippen molar-refractivity contribution in [2.75, 3.05) is 33.4 Å². The van der Waals surface area contributed by atoms with Gasteiger partial charge in [-0.15, -0.1) is 0 Å². The Labute approximate surface area is 115 Å². The van der Waals surface area contributed by atoms with Gasteiger partial charge in [0.2, 0.25) is 0 Å². The monoisotopic (exact) mass is 267 g/mol. The zero-order valence-electron chi connectivity index (χ0n) is 11.8. The molecule has 0 bridgehead atoms. The molecular weight excluding hydrogens is 242 g/mol. The summed E-state index contributed by atoms with van der Waals surface area (Å²) in [5.41, 5.74) is 1.13. The molecule has 0 saturated carbocycles. The minimum Gasteiger partial charge on any atom is -0.389 e. The standard InChI is InChI=1S/C15H25NO3/c1-13(14-7-4-3-5-8-14)19-12-15(17)11-16-9-6-10-18-2/h3-5,7-8,13,15-17H,6,9-12H2,1-2H3. The van der Waals surface area contributed by atoms with Crippen LogP contribution in [0.3, 0.4) is 0 Å². The summed E-state index contributed by atoms with van der Waals surface area (Å²) < 4.78 is 10.6. The summed E-state index contributed by atoms with van der Waals surface area (Å²) in [6.07, 6.45) is 0.475. The summed E-state index contributed by atoms with van der Waals surface area (Å²) in [6, 6.07) is 10.0. The maximum Gasteiger partial charge on any atom is 0.0897 e. The van der Waals surface area contributed by atoms with E-state index < -0.39 is 6.10 Å². The first kappa shape index (κ1) is 16.1. The fourth-order valence-corrected chi connectivity index (χ4v) is 1.74. The zero-order valence-corrected chi connectivity index (χ0v) is 11.8. The number of methoxy groups -OCH3 is 1. The molecular formula is C15H25NO3. The van der Waals surface area contributed by atoms with E-state index in [1.165, 1.54) is 0 Å². The average molecular weight is 267 g/mol. The summed E-state index contributed by atoms with van der Waals surface area (Å²) in [4.78, 5) is 0. The second kappa shape index (κ2) is 9.92. The molecule has 0 aliphatic heterocycles. The Morgan fingerprint density at radius 1 is 1.26 bits per heavy atom. The molecule has 0 spiro atoms. The van der Waals surface area contributed by atoms with E-state index in [1.54, 1.807) is 7.11 Å². The van der Waals surface area contributed by atoms with Crippen molar-refractivity contribution in [1.82, 2.24) is 5.32 Å². The lowest BCUT2D eigenvalue weighted by Gasteiger charge is -2.17. The molecule has 108 valence electrons. The maximum absolute atomic E-state index is 9.78. The van der Waals surface area contributed by atoms with Gasteiger partial charge in [-0.05, 0) is 25.5 Å². The molecule has 0 radical (unpaired) electrons. The smallest absolute Gasteiger partial charge is 0.0897 e. The van der Waals surface area contributed by atoms with Crippen molar-refractivity contribution < 1.29 is 14.6 Å². The normalized spacial score (nSPS) is 14.3. The van der Waals surface area contributed by atoms with Crippen LogP contribution in [0.15, 0.2) is 30.3 Å². The minimum absolute atomic E-state index is 0.00402. The van der Waals surface area contributed by atoms with Crippen LogP contribution in [-0.4, -0.2) is 44.6 Å². The number of hydrogen-bond acceptors (Lipinski definition) is 4. The van der Waals surface area contributed by atoms with Crippen LogP contribution in [0.25, 0.3) is 0 Å². The number of ether oxygens (including phenoxy) is 2.